The summed E-state index contributed by atoms with van der Waals surface area (Å²) >= 11 is 1.74. The highest BCUT2D eigenvalue weighted by Crippen LogP contribution is 2.19. The average molecular weight is 265 g/mol. The maximum atomic E-state index is 13.9. The molecule has 2 heterocycles. The zero-order valence-electron chi connectivity index (χ0n) is 10.5. The van der Waals surface area contributed by atoms with Crippen molar-refractivity contribution in [3.63, 3.8) is 0 Å². The van der Waals surface area contributed by atoms with Crippen LogP contribution in [0.5, 0.6) is 0 Å². The van der Waals surface area contributed by atoms with Crippen LogP contribution in [0.25, 0.3) is 0 Å². The van der Waals surface area contributed by atoms with Crippen LogP contribution in [0.3, 0.4) is 0 Å². The third-order valence-corrected chi connectivity index (χ3v) is 3.92. The van der Waals surface area contributed by atoms with Gasteiger partial charge in [-0.3, -0.25) is 0 Å². The molecule has 0 aliphatic rings. The van der Waals surface area contributed by atoms with E-state index in [9.17, 15) is 4.39 Å². The molecular weight excluding hydrogens is 249 g/mol. The van der Waals surface area contributed by atoms with Crippen LogP contribution in [0.15, 0.2) is 18.5 Å². The van der Waals surface area contributed by atoms with Crippen LogP contribution in [-0.2, 0) is 19.4 Å². The summed E-state index contributed by atoms with van der Waals surface area (Å²) in [6.07, 6.45) is 3.00. The molecule has 0 unspecified atom stereocenters. The molecule has 0 aliphatic heterocycles. The summed E-state index contributed by atoms with van der Waals surface area (Å²) in [5.41, 5.74) is 0.452. The first-order valence-corrected chi connectivity index (χ1v) is 6.87. The second-order valence-electron chi connectivity index (χ2n) is 3.91. The van der Waals surface area contributed by atoms with Gasteiger partial charge in [-0.15, -0.1) is 11.3 Å². The normalized spacial score (nSPS) is 10.6. The number of nitrogens with zero attached hydrogens (tertiary/aromatic N) is 2. The summed E-state index contributed by atoms with van der Waals surface area (Å²) in [6.45, 7) is 4.60. The molecule has 0 aliphatic carbocycles. The SMILES string of the molecule is CCc1ccc(CNc2ncnc(CC)c2F)s1. The molecule has 0 amide bonds. The zero-order chi connectivity index (χ0) is 13.0. The smallest absolute Gasteiger partial charge is 0.186 e. The van der Waals surface area contributed by atoms with Gasteiger partial charge < -0.3 is 5.32 Å². The van der Waals surface area contributed by atoms with E-state index in [4.69, 9.17) is 0 Å². The first-order valence-electron chi connectivity index (χ1n) is 6.05. The molecule has 0 fully saturated rings. The van der Waals surface area contributed by atoms with E-state index in [1.54, 1.807) is 11.3 Å². The Hall–Kier alpha value is -1.49. The van der Waals surface area contributed by atoms with Crippen molar-refractivity contribution in [1.82, 2.24) is 9.97 Å². The van der Waals surface area contributed by atoms with E-state index < -0.39 is 0 Å². The molecule has 0 radical (unpaired) electrons. The lowest BCUT2D eigenvalue weighted by Gasteiger charge is -2.06. The summed E-state index contributed by atoms with van der Waals surface area (Å²) in [7, 11) is 0. The number of nitrogens with one attached hydrogen (secondary N) is 1. The first-order chi connectivity index (χ1) is 8.74. The maximum Gasteiger partial charge on any atom is 0.186 e. The summed E-state index contributed by atoms with van der Waals surface area (Å²) in [4.78, 5) is 10.4. The van der Waals surface area contributed by atoms with Crippen molar-refractivity contribution in [2.75, 3.05) is 5.32 Å². The summed E-state index contributed by atoms with van der Waals surface area (Å²) in [5.74, 6) is -0.0550. The van der Waals surface area contributed by atoms with Crippen molar-refractivity contribution < 1.29 is 4.39 Å². The largest absolute Gasteiger partial charge is 0.363 e. The van der Waals surface area contributed by atoms with Gasteiger partial charge in [0.15, 0.2) is 11.6 Å². The van der Waals surface area contributed by atoms with Crippen LogP contribution in [0.1, 0.15) is 29.3 Å². The van der Waals surface area contributed by atoms with Gasteiger partial charge in [0.05, 0.1) is 12.2 Å². The van der Waals surface area contributed by atoms with Gasteiger partial charge in [-0.1, -0.05) is 13.8 Å². The molecule has 0 spiro atoms. The number of aromatic nitrogens is 2. The second kappa shape index (κ2) is 5.91. The van der Waals surface area contributed by atoms with Crippen molar-refractivity contribution >= 4 is 17.2 Å². The van der Waals surface area contributed by atoms with Crippen LogP contribution < -0.4 is 5.32 Å². The molecule has 0 aromatic carbocycles. The third-order valence-electron chi connectivity index (χ3n) is 2.69. The molecule has 0 bridgehead atoms. The van der Waals surface area contributed by atoms with Gasteiger partial charge in [-0.05, 0) is 25.0 Å². The lowest BCUT2D eigenvalue weighted by molar-refractivity contribution is 0.597. The number of halogens is 1. The Morgan fingerprint density at radius 2 is 1.94 bits per heavy atom. The summed E-state index contributed by atoms with van der Waals surface area (Å²) < 4.78 is 13.9. The molecule has 96 valence electrons. The lowest BCUT2D eigenvalue weighted by atomic mass is 10.3. The number of hydrogen-bond acceptors (Lipinski definition) is 4. The van der Waals surface area contributed by atoms with Crippen molar-refractivity contribution in [1.29, 1.82) is 0 Å². The Bertz CT molecular complexity index is 525. The van der Waals surface area contributed by atoms with E-state index in [0.29, 0.717) is 18.7 Å². The standard InChI is InChI=1S/C13H16FN3S/c1-3-9-5-6-10(18-9)7-15-13-12(14)11(4-2)16-8-17-13/h5-6,8H,3-4,7H2,1-2H3,(H,15,16,17). The highest BCUT2D eigenvalue weighted by Gasteiger charge is 2.09. The predicted octanol–water partition coefficient (Wildman–Crippen LogP) is 3.41. The van der Waals surface area contributed by atoms with Crippen molar-refractivity contribution in [2.24, 2.45) is 0 Å². The Labute approximate surface area is 110 Å². The maximum absolute atomic E-state index is 13.9. The van der Waals surface area contributed by atoms with Gasteiger partial charge in [-0.25, -0.2) is 14.4 Å². The molecule has 18 heavy (non-hydrogen) atoms. The Morgan fingerprint density at radius 3 is 2.61 bits per heavy atom. The van der Waals surface area contributed by atoms with Crippen LogP contribution >= 0.6 is 11.3 Å². The Morgan fingerprint density at radius 1 is 1.17 bits per heavy atom. The topological polar surface area (TPSA) is 37.8 Å². The number of aryl methyl sites for hydroxylation is 2. The summed E-state index contributed by atoms with van der Waals surface area (Å²) in [5, 5.41) is 3.03. The van der Waals surface area contributed by atoms with Gasteiger partial charge >= 0.3 is 0 Å². The minimum absolute atomic E-state index is 0.285. The number of rotatable bonds is 5. The van der Waals surface area contributed by atoms with E-state index in [2.05, 4.69) is 34.3 Å². The molecule has 5 heteroatoms. The van der Waals surface area contributed by atoms with E-state index in [0.717, 1.165) is 6.42 Å². The van der Waals surface area contributed by atoms with E-state index in [-0.39, 0.29) is 11.6 Å². The van der Waals surface area contributed by atoms with Gasteiger partial charge in [0.2, 0.25) is 0 Å². The number of anilines is 1. The molecule has 0 saturated heterocycles. The van der Waals surface area contributed by atoms with Crippen LogP contribution in [-0.4, -0.2) is 9.97 Å². The molecule has 1 N–H and O–H groups in total. The van der Waals surface area contributed by atoms with Crippen LogP contribution in [0.4, 0.5) is 10.2 Å². The third kappa shape index (κ3) is 2.85. The molecule has 3 nitrogen and oxygen atoms in total. The lowest BCUT2D eigenvalue weighted by Crippen LogP contribution is -2.05. The Balaban J connectivity index is 2.06. The first kappa shape index (κ1) is 13.0. The molecular formula is C13H16FN3S. The highest BCUT2D eigenvalue weighted by atomic mass is 32.1. The summed E-state index contributed by atoms with van der Waals surface area (Å²) in [6, 6.07) is 4.17. The second-order valence-corrected chi connectivity index (χ2v) is 5.16. The fourth-order valence-electron chi connectivity index (χ4n) is 1.65. The predicted molar refractivity (Wildman–Crippen MR) is 72.4 cm³/mol. The molecule has 2 aromatic rings. The van der Waals surface area contributed by atoms with E-state index in [1.807, 2.05) is 6.92 Å². The van der Waals surface area contributed by atoms with Crippen molar-refractivity contribution in [2.45, 2.75) is 33.2 Å². The van der Waals surface area contributed by atoms with E-state index in [1.165, 1.54) is 16.1 Å². The Kier molecular flexibility index (Phi) is 4.25. The van der Waals surface area contributed by atoms with Gasteiger partial charge in [-0.2, -0.15) is 0 Å². The molecule has 2 rings (SSSR count). The van der Waals surface area contributed by atoms with Gasteiger partial charge in [0.25, 0.3) is 0 Å². The highest BCUT2D eigenvalue weighted by molar-refractivity contribution is 7.12. The average Bonchev–Trinajstić information content (AvgIpc) is 2.85. The number of thiophene rings is 1. The minimum Gasteiger partial charge on any atom is -0.363 e. The van der Waals surface area contributed by atoms with Crippen LogP contribution in [0.2, 0.25) is 0 Å². The fraction of sp³-hybridized carbons (Fsp3) is 0.385. The molecule has 0 saturated carbocycles. The fourth-order valence-corrected chi connectivity index (χ4v) is 2.55. The van der Waals surface area contributed by atoms with Crippen LogP contribution in [0, 0.1) is 5.82 Å². The van der Waals surface area contributed by atoms with Gasteiger partial charge in [0.1, 0.15) is 6.33 Å². The monoisotopic (exact) mass is 265 g/mol. The van der Waals surface area contributed by atoms with Crippen molar-refractivity contribution in [3.05, 3.63) is 39.7 Å². The van der Waals surface area contributed by atoms with E-state index >= 15 is 0 Å². The van der Waals surface area contributed by atoms with Gasteiger partial charge in [0, 0.05) is 9.75 Å². The zero-order valence-corrected chi connectivity index (χ0v) is 11.4. The quantitative estimate of drug-likeness (QED) is 0.900. The molecule has 0 atom stereocenters. The molecule has 2 aromatic heterocycles. The van der Waals surface area contributed by atoms with Crippen molar-refractivity contribution in [3.8, 4) is 0 Å². The minimum atomic E-state index is -0.340. The number of hydrogen-bond donors (Lipinski definition) is 1.